The summed E-state index contributed by atoms with van der Waals surface area (Å²) < 4.78 is 4.79. The monoisotopic (exact) mass is 334 g/mol. The van der Waals surface area contributed by atoms with Crippen LogP contribution in [0.15, 0.2) is 36.0 Å². The first kappa shape index (κ1) is 17.5. The molecule has 1 aliphatic heterocycles. The molecule has 0 saturated carbocycles. The fraction of sp³-hybridized carbons (Fsp3) is 0.375. The van der Waals surface area contributed by atoms with Crippen molar-refractivity contribution in [1.29, 1.82) is 0 Å². The largest absolute Gasteiger partial charge is 0.480 e. The molecule has 1 aromatic carbocycles. The summed E-state index contributed by atoms with van der Waals surface area (Å²) in [5.41, 5.74) is -1.13. The van der Waals surface area contributed by atoms with Gasteiger partial charge in [0.2, 0.25) is 0 Å². The molecule has 0 spiro atoms. The molecule has 2 rings (SSSR count). The van der Waals surface area contributed by atoms with E-state index in [1.807, 2.05) is 0 Å². The number of aliphatic carboxylic acids is 1. The molecule has 0 saturated heterocycles. The molecule has 2 unspecified atom stereocenters. The van der Waals surface area contributed by atoms with Gasteiger partial charge in [0, 0.05) is 31.4 Å². The molecule has 0 aliphatic carbocycles. The third kappa shape index (κ3) is 2.70. The maximum atomic E-state index is 12.3. The summed E-state index contributed by atoms with van der Waals surface area (Å²) in [4.78, 5) is 36.6. The first-order valence-electron chi connectivity index (χ1n) is 7.20. The van der Waals surface area contributed by atoms with Gasteiger partial charge >= 0.3 is 11.9 Å². The number of carboxylic acids is 1. The minimum atomic E-state index is -1.73. The van der Waals surface area contributed by atoms with E-state index < -0.39 is 28.2 Å². The van der Waals surface area contributed by atoms with Crippen LogP contribution in [0.4, 0.5) is 5.69 Å². The van der Waals surface area contributed by atoms with Crippen LogP contribution in [0.5, 0.6) is 0 Å². The molecule has 0 radical (unpaired) electrons. The Morgan fingerprint density at radius 3 is 2.67 bits per heavy atom. The number of nitrogens with zero attached hydrogens (tertiary/aromatic N) is 2. The zero-order valence-corrected chi connectivity index (χ0v) is 13.6. The number of methoxy groups -OCH3 is 1. The van der Waals surface area contributed by atoms with Gasteiger partial charge in [0.1, 0.15) is 5.41 Å². The summed E-state index contributed by atoms with van der Waals surface area (Å²) >= 11 is 0. The number of hydrogen-bond acceptors (Lipinski definition) is 6. The number of hydrogen-bond donors (Lipinski definition) is 1. The molecular formula is C16H18N2O6. The number of rotatable bonds is 4. The number of ether oxygens (including phenoxy) is 1. The third-order valence-electron chi connectivity index (χ3n) is 4.42. The average Bonchev–Trinajstić information content (AvgIpc) is 2.56. The number of nitro groups is 1. The third-order valence-corrected chi connectivity index (χ3v) is 4.42. The Kier molecular flexibility index (Phi) is 4.59. The predicted octanol–water partition coefficient (Wildman–Crippen LogP) is 1.56. The molecule has 0 aromatic heterocycles. The Morgan fingerprint density at radius 2 is 2.12 bits per heavy atom. The van der Waals surface area contributed by atoms with E-state index in [2.05, 4.69) is 0 Å². The van der Waals surface area contributed by atoms with Crippen molar-refractivity contribution in [3.63, 3.8) is 0 Å². The van der Waals surface area contributed by atoms with Crippen molar-refractivity contribution in [2.45, 2.75) is 12.3 Å². The van der Waals surface area contributed by atoms with E-state index in [4.69, 9.17) is 4.74 Å². The molecule has 0 fully saturated rings. The molecule has 1 N–H and O–H groups in total. The maximum Gasteiger partial charge on any atom is 0.319 e. The van der Waals surface area contributed by atoms with Crippen LogP contribution >= 0.6 is 0 Å². The van der Waals surface area contributed by atoms with Crippen LogP contribution in [0, 0.1) is 16.0 Å². The zero-order valence-electron chi connectivity index (χ0n) is 13.6. The van der Waals surface area contributed by atoms with Crippen LogP contribution in [0.1, 0.15) is 12.5 Å². The Balaban J connectivity index is 2.75. The molecular weight excluding hydrogens is 316 g/mol. The normalized spacial score (nSPS) is 23.4. The second kappa shape index (κ2) is 6.31. The number of benzene rings is 1. The Hall–Kier alpha value is -2.90. The SMILES string of the molecule is COC(=O)C1CN(C)C(C)=CC1(C(=O)O)c1cccc([N+](=O)[O-])c1. The number of nitro benzene ring substituents is 1. The van der Waals surface area contributed by atoms with E-state index in [0.29, 0.717) is 5.70 Å². The van der Waals surface area contributed by atoms with E-state index in [1.54, 1.807) is 18.9 Å². The smallest absolute Gasteiger partial charge is 0.319 e. The molecule has 0 amide bonds. The highest BCUT2D eigenvalue weighted by Gasteiger charge is 2.53. The highest BCUT2D eigenvalue weighted by atomic mass is 16.6. The lowest BCUT2D eigenvalue weighted by atomic mass is 9.67. The fourth-order valence-corrected chi connectivity index (χ4v) is 3.00. The molecule has 8 nitrogen and oxygen atoms in total. The maximum absolute atomic E-state index is 12.3. The van der Waals surface area contributed by atoms with Crippen molar-refractivity contribution >= 4 is 17.6 Å². The fourth-order valence-electron chi connectivity index (χ4n) is 3.00. The average molecular weight is 334 g/mol. The molecule has 128 valence electrons. The summed E-state index contributed by atoms with van der Waals surface area (Å²) in [5.74, 6) is -2.97. The first-order chi connectivity index (χ1) is 11.2. The topological polar surface area (TPSA) is 110 Å². The first-order valence-corrected chi connectivity index (χ1v) is 7.20. The van der Waals surface area contributed by atoms with Crippen LogP contribution in [0.2, 0.25) is 0 Å². The Bertz CT molecular complexity index is 729. The van der Waals surface area contributed by atoms with Crippen LogP contribution < -0.4 is 0 Å². The van der Waals surface area contributed by atoms with Crippen molar-refractivity contribution in [1.82, 2.24) is 4.90 Å². The highest BCUT2D eigenvalue weighted by molar-refractivity contribution is 5.92. The Morgan fingerprint density at radius 1 is 1.46 bits per heavy atom. The van der Waals surface area contributed by atoms with Crippen LogP contribution in [0.25, 0.3) is 0 Å². The van der Waals surface area contributed by atoms with E-state index in [0.717, 1.165) is 0 Å². The van der Waals surface area contributed by atoms with Gasteiger partial charge in [0.25, 0.3) is 5.69 Å². The number of carboxylic acid groups (broad SMARTS) is 1. The van der Waals surface area contributed by atoms with E-state index in [9.17, 15) is 24.8 Å². The summed E-state index contributed by atoms with van der Waals surface area (Å²) in [5, 5.41) is 21.0. The minimum Gasteiger partial charge on any atom is -0.480 e. The van der Waals surface area contributed by atoms with Crippen LogP contribution in [-0.4, -0.2) is 47.6 Å². The van der Waals surface area contributed by atoms with Gasteiger partial charge in [-0.15, -0.1) is 0 Å². The number of esters is 1. The molecule has 1 aromatic rings. The highest BCUT2D eigenvalue weighted by Crippen LogP contribution is 2.41. The van der Waals surface area contributed by atoms with Gasteiger partial charge in [-0.05, 0) is 18.6 Å². The lowest BCUT2D eigenvalue weighted by Gasteiger charge is -2.41. The zero-order chi connectivity index (χ0) is 18.1. The van der Waals surface area contributed by atoms with Crippen molar-refractivity contribution in [2.24, 2.45) is 5.92 Å². The minimum absolute atomic E-state index is 0.129. The lowest BCUT2D eigenvalue weighted by molar-refractivity contribution is -0.385. The predicted molar refractivity (Wildman–Crippen MR) is 84.3 cm³/mol. The molecule has 24 heavy (non-hydrogen) atoms. The number of allylic oxidation sites excluding steroid dienone is 1. The van der Waals surface area contributed by atoms with E-state index >= 15 is 0 Å². The Labute approximate surface area is 138 Å². The van der Waals surface area contributed by atoms with Crippen molar-refractivity contribution < 1.29 is 24.4 Å². The lowest BCUT2D eigenvalue weighted by Crippen LogP contribution is -2.53. The van der Waals surface area contributed by atoms with E-state index in [-0.39, 0.29) is 17.8 Å². The van der Waals surface area contributed by atoms with E-state index in [1.165, 1.54) is 37.5 Å². The van der Waals surface area contributed by atoms with Crippen LogP contribution in [0.3, 0.4) is 0 Å². The van der Waals surface area contributed by atoms with Crippen molar-refractivity contribution in [2.75, 3.05) is 20.7 Å². The van der Waals surface area contributed by atoms with Crippen LogP contribution in [-0.2, 0) is 19.7 Å². The summed E-state index contributed by atoms with van der Waals surface area (Å²) in [7, 11) is 2.93. The molecule has 1 aliphatic rings. The summed E-state index contributed by atoms with van der Waals surface area (Å²) in [6.07, 6.45) is 1.46. The second-order valence-electron chi connectivity index (χ2n) is 5.72. The summed E-state index contributed by atoms with van der Waals surface area (Å²) in [6, 6.07) is 5.36. The molecule has 8 heteroatoms. The van der Waals surface area contributed by atoms with Gasteiger partial charge < -0.3 is 14.7 Å². The number of carbonyl (C=O) groups excluding carboxylic acids is 1. The van der Waals surface area contributed by atoms with Crippen molar-refractivity contribution in [3.05, 3.63) is 51.7 Å². The molecule has 0 bridgehead atoms. The van der Waals surface area contributed by atoms with Crippen molar-refractivity contribution in [3.8, 4) is 0 Å². The summed E-state index contributed by atoms with van der Waals surface area (Å²) in [6.45, 7) is 1.85. The number of non-ortho nitro benzene ring substituents is 1. The van der Waals surface area contributed by atoms with Gasteiger partial charge in [0.15, 0.2) is 0 Å². The van der Waals surface area contributed by atoms with Gasteiger partial charge in [-0.1, -0.05) is 12.1 Å². The second-order valence-corrected chi connectivity index (χ2v) is 5.72. The van der Waals surface area contributed by atoms with Gasteiger partial charge in [0.05, 0.1) is 18.0 Å². The molecule has 2 atom stereocenters. The van der Waals surface area contributed by atoms with Gasteiger partial charge in [-0.2, -0.15) is 0 Å². The molecule has 1 heterocycles. The quantitative estimate of drug-likeness (QED) is 0.505. The number of carbonyl (C=O) groups is 2. The standard InChI is InChI=1S/C16H18N2O6/c1-10-8-16(15(20)21,13(9-17(10)2)14(19)24-3)11-5-4-6-12(7-11)18(22)23/h4-8,13H,9H2,1-3H3,(H,20,21). The van der Waals surface area contributed by atoms with Gasteiger partial charge in [-0.3, -0.25) is 19.7 Å². The van der Waals surface area contributed by atoms with Gasteiger partial charge in [-0.25, -0.2) is 0 Å².